The molecule has 31 heavy (non-hydrogen) atoms. The summed E-state index contributed by atoms with van der Waals surface area (Å²) >= 11 is 7.63. The fourth-order valence-electron chi connectivity index (χ4n) is 3.86. The number of amides is 2. The van der Waals surface area contributed by atoms with Gasteiger partial charge in [0.1, 0.15) is 0 Å². The molecular formula is C25H25ClN2O2S. The summed E-state index contributed by atoms with van der Waals surface area (Å²) in [5.74, 6) is 0.904. The first kappa shape index (κ1) is 21.7. The minimum Gasteiger partial charge on any atom is -0.326 e. The van der Waals surface area contributed by atoms with Crippen LogP contribution < -0.4 is 10.2 Å². The minimum absolute atomic E-state index is 0.00966. The molecule has 1 N–H and O–H groups in total. The summed E-state index contributed by atoms with van der Waals surface area (Å²) in [5.41, 5.74) is 2.43. The van der Waals surface area contributed by atoms with Crippen molar-refractivity contribution < 1.29 is 9.59 Å². The number of rotatable bonds is 9. The van der Waals surface area contributed by atoms with Gasteiger partial charge >= 0.3 is 0 Å². The number of anilines is 2. The second-order valence-electron chi connectivity index (χ2n) is 7.62. The van der Waals surface area contributed by atoms with E-state index in [0.29, 0.717) is 6.42 Å². The fraction of sp³-hybridized carbons (Fsp3) is 0.280. The van der Waals surface area contributed by atoms with Crippen molar-refractivity contribution in [3.63, 3.8) is 0 Å². The van der Waals surface area contributed by atoms with Crippen LogP contribution in [0.25, 0.3) is 10.8 Å². The van der Waals surface area contributed by atoms with Crippen molar-refractivity contribution in [3.05, 3.63) is 65.2 Å². The Morgan fingerprint density at radius 1 is 1.06 bits per heavy atom. The largest absolute Gasteiger partial charge is 0.326 e. The number of nitrogens with one attached hydrogen (secondary N) is 1. The Labute approximate surface area is 192 Å². The van der Waals surface area contributed by atoms with Crippen LogP contribution in [0.2, 0.25) is 5.02 Å². The average Bonchev–Trinajstić information content (AvgIpc) is 3.05. The van der Waals surface area contributed by atoms with E-state index < -0.39 is 0 Å². The molecule has 0 saturated carbocycles. The highest BCUT2D eigenvalue weighted by atomic mass is 35.5. The Hall–Kier alpha value is -2.50. The normalized spacial score (nSPS) is 12.6. The van der Waals surface area contributed by atoms with Gasteiger partial charge in [-0.05, 0) is 61.1 Å². The van der Waals surface area contributed by atoms with Crippen molar-refractivity contribution >= 4 is 57.3 Å². The molecule has 1 aliphatic rings. The van der Waals surface area contributed by atoms with Crippen molar-refractivity contribution in [3.8, 4) is 0 Å². The van der Waals surface area contributed by atoms with Crippen LogP contribution in [0, 0.1) is 0 Å². The molecule has 0 bridgehead atoms. The quantitative estimate of drug-likeness (QED) is 0.288. The van der Waals surface area contributed by atoms with Crippen LogP contribution in [0.15, 0.2) is 59.5 Å². The van der Waals surface area contributed by atoms with Crippen LogP contribution in [0.1, 0.15) is 43.0 Å². The summed E-state index contributed by atoms with van der Waals surface area (Å²) in [6.45, 7) is 2.84. The van der Waals surface area contributed by atoms with Crippen LogP contribution in [-0.4, -0.2) is 24.1 Å². The molecule has 0 saturated heterocycles. The van der Waals surface area contributed by atoms with E-state index >= 15 is 0 Å². The molecule has 160 valence electrons. The first-order valence-corrected chi connectivity index (χ1v) is 12.0. The van der Waals surface area contributed by atoms with Gasteiger partial charge in [-0.15, -0.1) is 11.8 Å². The Kier molecular flexibility index (Phi) is 6.83. The number of thioether (sulfide) groups is 1. The number of carbonyl (C=O) groups is 2. The summed E-state index contributed by atoms with van der Waals surface area (Å²) in [4.78, 5) is 28.4. The predicted octanol–water partition coefficient (Wildman–Crippen LogP) is 6.76. The van der Waals surface area contributed by atoms with Gasteiger partial charge in [0.2, 0.25) is 5.91 Å². The Bertz CT molecular complexity index is 1110. The van der Waals surface area contributed by atoms with E-state index in [1.807, 2.05) is 59.5 Å². The van der Waals surface area contributed by atoms with Crippen molar-refractivity contribution in [1.29, 1.82) is 0 Å². The van der Waals surface area contributed by atoms with Gasteiger partial charge in [0.15, 0.2) is 0 Å². The lowest BCUT2D eigenvalue weighted by atomic mass is 10.0. The SMILES string of the molecule is CCCCN1C(=O)c2cccc3c(NC(=O)CCCSc4ccc(Cl)cc4)ccc1c23. The smallest absolute Gasteiger partial charge is 0.258 e. The molecule has 3 aromatic carbocycles. The number of unbranched alkanes of at least 4 members (excludes halogenated alkanes) is 1. The van der Waals surface area contributed by atoms with E-state index in [4.69, 9.17) is 11.6 Å². The Balaban J connectivity index is 1.41. The lowest BCUT2D eigenvalue weighted by molar-refractivity contribution is -0.116. The van der Waals surface area contributed by atoms with Gasteiger partial charge in [-0.2, -0.15) is 0 Å². The zero-order chi connectivity index (χ0) is 21.8. The molecule has 6 heteroatoms. The van der Waals surface area contributed by atoms with Gasteiger partial charge in [-0.25, -0.2) is 0 Å². The Morgan fingerprint density at radius 2 is 1.87 bits per heavy atom. The standard InChI is InChI=1S/C25H25ClN2O2S/c1-2-3-15-28-22-14-13-21(19-6-4-7-20(24(19)22)25(28)30)27-23(29)8-5-16-31-18-11-9-17(26)10-12-18/h4,6-7,9-14H,2-3,5,8,15-16H2,1H3,(H,27,29). The third-order valence-electron chi connectivity index (χ3n) is 5.42. The maximum atomic E-state index is 12.9. The Morgan fingerprint density at radius 3 is 2.65 bits per heavy atom. The van der Waals surface area contributed by atoms with Crippen LogP contribution in [0.4, 0.5) is 11.4 Å². The second-order valence-corrected chi connectivity index (χ2v) is 9.23. The number of hydrogen-bond acceptors (Lipinski definition) is 3. The molecule has 1 aliphatic heterocycles. The first-order chi connectivity index (χ1) is 15.1. The molecule has 0 unspecified atom stereocenters. The molecule has 0 radical (unpaired) electrons. The van der Waals surface area contributed by atoms with E-state index in [2.05, 4.69) is 12.2 Å². The molecule has 0 spiro atoms. The molecule has 4 rings (SSSR count). The number of carbonyl (C=O) groups excluding carboxylic acids is 2. The summed E-state index contributed by atoms with van der Waals surface area (Å²) in [7, 11) is 0. The van der Waals surface area contributed by atoms with Gasteiger partial charge in [0, 0.05) is 44.9 Å². The predicted molar refractivity (Wildman–Crippen MR) is 131 cm³/mol. The highest BCUT2D eigenvalue weighted by Gasteiger charge is 2.30. The number of halogens is 1. The van der Waals surface area contributed by atoms with E-state index in [9.17, 15) is 9.59 Å². The maximum Gasteiger partial charge on any atom is 0.258 e. The molecule has 1 heterocycles. The van der Waals surface area contributed by atoms with Gasteiger partial charge in [0.25, 0.3) is 5.91 Å². The molecule has 0 atom stereocenters. The molecule has 0 aliphatic carbocycles. The molecule has 0 fully saturated rings. The van der Waals surface area contributed by atoms with E-state index in [1.165, 1.54) is 0 Å². The monoisotopic (exact) mass is 452 g/mol. The number of nitrogens with zero attached hydrogens (tertiary/aromatic N) is 1. The highest BCUT2D eigenvalue weighted by molar-refractivity contribution is 7.99. The van der Waals surface area contributed by atoms with Gasteiger partial charge < -0.3 is 10.2 Å². The molecule has 0 aromatic heterocycles. The van der Waals surface area contributed by atoms with Crippen molar-refractivity contribution in [2.75, 3.05) is 22.5 Å². The van der Waals surface area contributed by atoms with E-state index in [0.717, 1.165) is 69.2 Å². The van der Waals surface area contributed by atoms with Gasteiger partial charge in [-0.3, -0.25) is 9.59 Å². The van der Waals surface area contributed by atoms with Crippen molar-refractivity contribution in [2.24, 2.45) is 0 Å². The molecular weight excluding hydrogens is 428 g/mol. The third kappa shape index (κ3) is 4.73. The molecule has 4 nitrogen and oxygen atoms in total. The first-order valence-electron chi connectivity index (χ1n) is 10.6. The lowest BCUT2D eigenvalue weighted by Gasteiger charge is -2.17. The summed E-state index contributed by atoms with van der Waals surface area (Å²) in [5, 5.41) is 5.64. The average molecular weight is 453 g/mol. The minimum atomic E-state index is -0.00966. The van der Waals surface area contributed by atoms with Crippen LogP contribution >= 0.6 is 23.4 Å². The van der Waals surface area contributed by atoms with Crippen LogP contribution in [0.5, 0.6) is 0 Å². The zero-order valence-corrected chi connectivity index (χ0v) is 19.1. The van der Waals surface area contributed by atoms with E-state index in [1.54, 1.807) is 11.8 Å². The van der Waals surface area contributed by atoms with E-state index in [-0.39, 0.29) is 11.8 Å². The van der Waals surface area contributed by atoms with Crippen LogP contribution in [-0.2, 0) is 4.79 Å². The van der Waals surface area contributed by atoms with Gasteiger partial charge in [0.05, 0.1) is 5.69 Å². The molecule has 2 amide bonds. The van der Waals surface area contributed by atoms with Gasteiger partial charge in [-0.1, -0.05) is 37.1 Å². The summed E-state index contributed by atoms with van der Waals surface area (Å²) < 4.78 is 0. The zero-order valence-electron chi connectivity index (χ0n) is 17.5. The van der Waals surface area contributed by atoms with Crippen molar-refractivity contribution in [2.45, 2.75) is 37.5 Å². The highest BCUT2D eigenvalue weighted by Crippen LogP contribution is 2.40. The maximum absolute atomic E-state index is 12.9. The number of benzene rings is 3. The summed E-state index contributed by atoms with van der Waals surface area (Å²) in [6, 6.07) is 17.3. The third-order valence-corrected chi connectivity index (χ3v) is 6.78. The fourth-order valence-corrected chi connectivity index (χ4v) is 4.84. The number of hydrogen-bond donors (Lipinski definition) is 1. The van der Waals surface area contributed by atoms with Crippen molar-refractivity contribution in [1.82, 2.24) is 0 Å². The van der Waals surface area contributed by atoms with Crippen LogP contribution in [0.3, 0.4) is 0 Å². The lowest BCUT2D eigenvalue weighted by Crippen LogP contribution is -2.27. The summed E-state index contributed by atoms with van der Waals surface area (Å²) in [6.07, 6.45) is 3.23. The molecule has 3 aromatic rings. The second kappa shape index (κ2) is 9.75. The topological polar surface area (TPSA) is 49.4 Å².